The Hall–Kier alpha value is -2.17. The molecular formula is C10H10N4O. The molecule has 0 saturated carbocycles. The fourth-order valence-electron chi connectivity index (χ4n) is 1.42. The van der Waals surface area contributed by atoms with Gasteiger partial charge in [0.25, 0.3) is 5.91 Å². The summed E-state index contributed by atoms with van der Waals surface area (Å²) in [4.78, 5) is 11.0. The lowest BCUT2D eigenvalue weighted by Gasteiger charge is -2.04. The Labute approximate surface area is 86.1 Å². The number of benzene rings is 1. The molecular weight excluding hydrogens is 192 g/mol. The molecule has 0 radical (unpaired) electrons. The number of nitrogens with two attached hydrogens (primary N) is 2. The van der Waals surface area contributed by atoms with Crippen LogP contribution in [0.25, 0.3) is 10.9 Å². The quantitative estimate of drug-likeness (QED) is 0.708. The van der Waals surface area contributed by atoms with Gasteiger partial charge >= 0.3 is 0 Å². The van der Waals surface area contributed by atoms with E-state index in [1.807, 2.05) is 19.1 Å². The van der Waals surface area contributed by atoms with Crippen LogP contribution in [-0.4, -0.2) is 16.1 Å². The monoisotopic (exact) mass is 202 g/mol. The molecule has 0 aliphatic heterocycles. The summed E-state index contributed by atoms with van der Waals surface area (Å²) in [7, 11) is 0. The molecule has 1 aromatic carbocycles. The van der Waals surface area contributed by atoms with Gasteiger partial charge in [0.1, 0.15) is 0 Å². The van der Waals surface area contributed by atoms with E-state index in [2.05, 4.69) is 10.2 Å². The molecule has 0 atom stereocenters. The third kappa shape index (κ3) is 1.48. The number of nitrogen functional groups attached to an aromatic ring is 1. The minimum absolute atomic E-state index is 0.0198. The third-order valence-corrected chi connectivity index (χ3v) is 2.19. The smallest absolute Gasteiger partial charge is 0.271 e. The van der Waals surface area contributed by atoms with E-state index in [9.17, 15) is 4.79 Å². The molecule has 0 aliphatic carbocycles. The topological polar surface area (TPSA) is 94.9 Å². The molecule has 76 valence electrons. The fraction of sp³-hybridized carbons (Fsp3) is 0.100. The van der Waals surface area contributed by atoms with Crippen molar-refractivity contribution < 1.29 is 4.79 Å². The van der Waals surface area contributed by atoms with Crippen molar-refractivity contribution in [3.8, 4) is 0 Å². The highest BCUT2D eigenvalue weighted by molar-refractivity contribution is 6.03. The Morgan fingerprint density at radius 3 is 2.73 bits per heavy atom. The number of hydrogen-bond acceptors (Lipinski definition) is 4. The van der Waals surface area contributed by atoms with Crippen LogP contribution in [0, 0.1) is 6.92 Å². The van der Waals surface area contributed by atoms with Crippen molar-refractivity contribution >= 4 is 22.5 Å². The highest BCUT2D eigenvalue weighted by atomic mass is 16.1. The zero-order valence-corrected chi connectivity index (χ0v) is 8.19. The number of carbonyl (C=O) groups is 1. The van der Waals surface area contributed by atoms with Crippen LogP contribution >= 0.6 is 0 Å². The Bertz CT molecular complexity index is 550. The largest absolute Gasteiger partial charge is 0.396 e. The van der Waals surface area contributed by atoms with Gasteiger partial charge in [-0.05, 0) is 18.6 Å². The van der Waals surface area contributed by atoms with Crippen LogP contribution in [0.3, 0.4) is 0 Å². The molecule has 2 aromatic rings. The van der Waals surface area contributed by atoms with E-state index in [1.165, 1.54) is 0 Å². The van der Waals surface area contributed by atoms with Crippen LogP contribution in [0.4, 0.5) is 5.69 Å². The molecule has 15 heavy (non-hydrogen) atoms. The minimum Gasteiger partial charge on any atom is -0.396 e. The number of aryl methyl sites for hydroxylation is 1. The average Bonchev–Trinajstić information content (AvgIpc) is 2.17. The first-order valence-corrected chi connectivity index (χ1v) is 4.42. The zero-order valence-electron chi connectivity index (χ0n) is 8.19. The first kappa shape index (κ1) is 9.39. The molecule has 0 unspecified atom stereocenters. The Balaban J connectivity index is 2.80. The number of carbonyl (C=O) groups excluding carboxylic acids is 1. The average molecular weight is 202 g/mol. The number of aromatic nitrogens is 2. The van der Waals surface area contributed by atoms with Crippen LogP contribution < -0.4 is 11.5 Å². The van der Waals surface area contributed by atoms with Crippen LogP contribution in [0.5, 0.6) is 0 Å². The van der Waals surface area contributed by atoms with Crippen molar-refractivity contribution in [3.05, 3.63) is 29.5 Å². The summed E-state index contributed by atoms with van der Waals surface area (Å²) in [6.45, 7) is 1.94. The lowest BCUT2D eigenvalue weighted by Crippen LogP contribution is -2.16. The summed E-state index contributed by atoms with van der Waals surface area (Å²) in [5, 5.41) is 8.29. The fourth-order valence-corrected chi connectivity index (χ4v) is 1.42. The van der Waals surface area contributed by atoms with Crippen molar-refractivity contribution in [2.24, 2.45) is 5.73 Å². The lowest BCUT2D eigenvalue weighted by molar-refractivity contribution is 0.0996. The minimum atomic E-state index is -0.664. The van der Waals surface area contributed by atoms with Crippen molar-refractivity contribution in [2.45, 2.75) is 6.92 Å². The highest BCUT2D eigenvalue weighted by Crippen LogP contribution is 2.21. The highest BCUT2D eigenvalue weighted by Gasteiger charge is 2.11. The van der Waals surface area contributed by atoms with E-state index in [-0.39, 0.29) is 11.4 Å². The first-order valence-electron chi connectivity index (χ1n) is 4.42. The van der Waals surface area contributed by atoms with Crippen LogP contribution in [0.15, 0.2) is 18.2 Å². The molecule has 5 heteroatoms. The summed E-state index contributed by atoms with van der Waals surface area (Å²) in [6, 6.07) is 5.55. The molecule has 0 aliphatic rings. The summed E-state index contributed by atoms with van der Waals surface area (Å²) >= 11 is 0. The van der Waals surface area contributed by atoms with E-state index in [4.69, 9.17) is 11.5 Å². The normalized spacial score (nSPS) is 10.5. The number of fused-ring (bicyclic) bond motifs is 1. The molecule has 0 fully saturated rings. The molecule has 0 bridgehead atoms. The maximum Gasteiger partial charge on any atom is 0.271 e. The molecule has 1 aromatic heterocycles. The standard InChI is InChI=1S/C10H10N4O/c1-5-2-3-6-7(4-5)13-14-9(8(6)11)10(12)15/h2-4H,1H3,(H2,11,13)(H2,12,15). The van der Waals surface area contributed by atoms with Crippen LogP contribution in [-0.2, 0) is 0 Å². The number of amides is 1. The SMILES string of the molecule is Cc1ccc2c(N)c(C(N)=O)nnc2c1. The second-order valence-electron chi connectivity index (χ2n) is 3.35. The van der Waals surface area contributed by atoms with E-state index in [0.717, 1.165) is 5.56 Å². The van der Waals surface area contributed by atoms with Crippen LogP contribution in [0.2, 0.25) is 0 Å². The molecule has 4 N–H and O–H groups in total. The van der Waals surface area contributed by atoms with Gasteiger partial charge in [-0.25, -0.2) is 0 Å². The Kier molecular flexibility index (Phi) is 2.00. The van der Waals surface area contributed by atoms with Crippen molar-refractivity contribution in [1.82, 2.24) is 10.2 Å². The van der Waals surface area contributed by atoms with Gasteiger partial charge in [-0.15, -0.1) is 10.2 Å². The number of hydrogen-bond donors (Lipinski definition) is 2. The molecule has 0 saturated heterocycles. The first-order chi connectivity index (χ1) is 7.09. The predicted molar refractivity (Wildman–Crippen MR) is 57.2 cm³/mol. The van der Waals surface area contributed by atoms with E-state index >= 15 is 0 Å². The van der Waals surface area contributed by atoms with Gasteiger partial charge in [0, 0.05) is 5.39 Å². The van der Waals surface area contributed by atoms with Gasteiger partial charge in [0.15, 0.2) is 5.69 Å². The van der Waals surface area contributed by atoms with E-state index in [1.54, 1.807) is 6.07 Å². The number of rotatable bonds is 1. The molecule has 1 heterocycles. The lowest BCUT2D eigenvalue weighted by atomic mass is 10.1. The summed E-state index contributed by atoms with van der Waals surface area (Å²) in [6.07, 6.45) is 0. The summed E-state index contributed by atoms with van der Waals surface area (Å²) in [5.41, 5.74) is 12.9. The maximum atomic E-state index is 11.0. The Morgan fingerprint density at radius 2 is 2.07 bits per heavy atom. The van der Waals surface area contributed by atoms with Crippen molar-refractivity contribution in [1.29, 1.82) is 0 Å². The van der Waals surface area contributed by atoms with Gasteiger partial charge in [-0.1, -0.05) is 12.1 Å². The summed E-state index contributed by atoms with van der Waals surface area (Å²) in [5.74, 6) is -0.664. The van der Waals surface area contributed by atoms with Crippen LogP contribution in [0.1, 0.15) is 16.1 Å². The van der Waals surface area contributed by atoms with Gasteiger partial charge in [0.05, 0.1) is 11.2 Å². The predicted octanol–water partition coefficient (Wildman–Crippen LogP) is 0.619. The van der Waals surface area contributed by atoms with Crippen molar-refractivity contribution in [3.63, 3.8) is 0 Å². The Morgan fingerprint density at radius 1 is 1.33 bits per heavy atom. The second-order valence-corrected chi connectivity index (χ2v) is 3.35. The number of anilines is 1. The van der Waals surface area contributed by atoms with Gasteiger partial charge in [-0.3, -0.25) is 4.79 Å². The molecule has 0 spiro atoms. The number of primary amides is 1. The van der Waals surface area contributed by atoms with Gasteiger partial charge in [-0.2, -0.15) is 0 Å². The van der Waals surface area contributed by atoms with E-state index in [0.29, 0.717) is 10.9 Å². The molecule has 5 nitrogen and oxygen atoms in total. The summed E-state index contributed by atoms with van der Waals surface area (Å²) < 4.78 is 0. The number of nitrogens with zero attached hydrogens (tertiary/aromatic N) is 2. The third-order valence-electron chi connectivity index (χ3n) is 2.19. The maximum absolute atomic E-state index is 11.0. The molecule has 2 rings (SSSR count). The second kappa shape index (κ2) is 3.20. The van der Waals surface area contributed by atoms with Crippen molar-refractivity contribution in [2.75, 3.05) is 5.73 Å². The van der Waals surface area contributed by atoms with E-state index < -0.39 is 5.91 Å². The van der Waals surface area contributed by atoms with Gasteiger partial charge in [0.2, 0.25) is 0 Å². The van der Waals surface area contributed by atoms with Gasteiger partial charge < -0.3 is 11.5 Å². The molecule has 1 amide bonds. The zero-order chi connectivity index (χ0) is 11.0.